The molecule has 0 aliphatic heterocycles. The largest absolute Gasteiger partial charge is 0.480 e. The molecule has 0 radical (unpaired) electrons. The molecule has 6 heteroatoms. The Morgan fingerprint density at radius 1 is 1.17 bits per heavy atom. The maximum atomic E-state index is 12.3. The molecule has 23 heavy (non-hydrogen) atoms. The molecule has 0 spiro atoms. The van der Waals surface area contributed by atoms with Gasteiger partial charge in [0.25, 0.3) is 0 Å². The zero-order chi connectivity index (χ0) is 17.2. The van der Waals surface area contributed by atoms with E-state index in [9.17, 15) is 14.7 Å². The van der Waals surface area contributed by atoms with E-state index in [1.165, 1.54) is 4.90 Å². The standard InChI is InChI=1S/C17H26N2O4/c1-13(2)8-9-19(10-11-20)17(23)18-15(16(21)22)12-14-6-4-3-5-7-14/h3-7,13,15,20H,8-12H2,1-2H3,(H,18,23)(H,21,22)/t15-/m0/s1. The van der Waals surface area contributed by atoms with Crippen molar-refractivity contribution < 1.29 is 19.8 Å². The summed E-state index contributed by atoms with van der Waals surface area (Å²) in [5, 5.41) is 21.0. The second-order valence-corrected chi connectivity index (χ2v) is 5.92. The average Bonchev–Trinajstić information content (AvgIpc) is 2.51. The number of carbonyl (C=O) groups is 2. The Kier molecular flexibility index (Phi) is 8.11. The summed E-state index contributed by atoms with van der Waals surface area (Å²) >= 11 is 0. The van der Waals surface area contributed by atoms with Crippen molar-refractivity contribution in [3.8, 4) is 0 Å². The lowest BCUT2D eigenvalue weighted by Gasteiger charge is -2.25. The topological polar surface area (TPSA) is 89.9 Å². The van der Waals surface area contributed by atoms with E-state index in [0.29, 0.717) is 12.5 Å². The van der Waals surface area contributed by atoms with Gasteiger partial charge in [0.05, 0.1) is 6.61 Å². The molecule has 0 unspecified atom stereocenters. The van der Waals surface area contributed by atoms with Gasteiger partial charge in [0.15, 0.2) is 0 Å². The number of carbonyl (C=O) groups excluding carboxylic acids is 1. The van der Waals surface area contributed by atoms with Crippen LogP contribution in [0.5, 0.6) is 0 Å². The minimum absolute atomic E-state index is 0.151. The summed E-state index contributed by atoms with van der Waals surface area (Å²) in [6, 6.07) is 7.71. The molecule has 0 bridgehead atoms. The lowest BCUT2D eigenvalue weighted by molar-refractivity contribution is -0.139. The molecule has 1 aromatic carbocycles. The number of aliphatic carboxylic acids is 1. The van der Waals surface area contributed by atoms with Crippen LogP contribution in [0.15, 0.2) is 30.3 Å². The molecule has 0 saturated carbocycles. The first-order valence-electron chi connectivity index (χ1n) is 7.87. The van der Waals surface area contributed by atoms with Gasteiger partial charge in [-0.05, 0) is 17.9 Å². The number of hydrogen-bond donors (Lipinski definition) is 3. The molecular weight excluding hydrogens is 296 g/mol. The number of rotatable bonds is 9. The van der Waals surface area contributed by atoms with Gasteiger partial charge in [-0.1, -0.05) is 44.2 Å². The van der Waals surface area contributed by atoms with Crippen LogP contribution in [-0.4, -0.2) is 52.9 Å². The highest BCUT2D eigenvalue weighted by Gasteiger charge is 2.23. The second-order valence-electron chi connectivity index (χ2n) is 5.92. The van der Waals surface area contributed by atoms with Gasteiger partial charge in [0, 0.05) is 19.5 Å². The Morgan fingerprint density at radius 3 is 2.35 bits per heavy atom. The number of aliphatic hydroxyl groups excluding tert-OH is 1. The zero-order valence-corrected chi connectivity index (χ0v) is 13.7. The quantitative estimate of drug-likeness (QED) is 0.646. The van der Waals surface area contributed by atoms with Crippen LogP contribution in [0, 0.1) is 5.92 Å². The van der Waals surface area contributed by atoms with Crippen molar-refractivity contribution in [1.82, 2.24) is 10.2 Å². The van der Waals surface area contributed by atoms with Crippen molar-refractivity contribution in [2.45, 2.75) is 32.7 Å². The predicted octanol–water partition coefficient (Wildman–Crippen LogP) is 1.73. The van der Waals surface area contributed by atoms with Crippen molar-refractivity contribution in [1.29, 1.82) is 0 Å². The van der Waals surface area contributed by atoms with E-state index in [2.05, 4.69) is 5.32 Å². The number of carboxylic acid groups (broad SMARTS) is 1. The fourth-order valence-electron chi connectivity index (χ4n) is 2.14. The van der Waals surface area contributed by atoms with Gasteiger partial charge >= 0.3 is 12.0 Å². The van der Waals surface area contributed by atoms with Crippen LogP contribution in [0.2, 0.25) is 0 Å². The number of urea groups is 1. The third-order valence-electron chi connectivity index (χ3n) is 3.51. The van der Waals surface area contributed by atoms with Crippen LogP contribution < -0.4 is 5.32 Å². The summed E-state index contributed by atoms with van der Waals surface area (Å²) in [7, 11) is 0. The number of nitrogens with zero attached hydrogens (tertiary/aromatic N) is 1. The first kappa shape index (κ1) is 19.0. The number of carboxylic acids is 1. The first-order valence-corrected chi connectivity index (χ1v) is 7.87. The van der Waals surface area contributed by atoms with Gasteiger partial charge in [0.2, 0.25) is 0 Å². The number of hydrogen-bond acceptors (Lipinski definition) is 3. The molecule has 1 atom stereocenters. The third kappa shape index (κ3) is 7.15. The summed E-state index contributed by atoms with van der Waals surface area (Å²) in [6.07, 6.45) is 1.02. The van der Waals surface area contributed by atoms with Gasteiger partial charge in [-0.2, -0.15) is 0 Å². The second kappa shape index (κ2) is 9.84. The fraction of sp³-hybridized carbons (Fsp3) is 0.529. The van der Waals surface area contributed by atoms with E-state index < -0.39 is 18.0 Å². The molecule has 3 N–H and O–H groups in total. The van der Waals surface area contributed by atoms with E-state index in [-0.39, 0.29) is 19.6 Å². The molecule has 6 nitrogen and oxygen atoms in total. The molecular formula is C17H26N2O4. The van der Waals surface area contributed by atoms with Crippen LogP contribution in [0.1, 0.15) is 25.8 Å². The van der Waals surface area contributed by atoms with Crippen molar-refractivity contribution in [2.75, 3.05) is 19.7 Å². The van der Waals surface area contributed by atoms with E-state index in [1.54, 1.807) is 0 Å². The average molecular weight is 322 g/mol. The third-order valence-corrected chi connectivity index (χ3v) is 3.51. The minimum Gasteiger partial charge on any atom is -0.480 e. The summed E-state index contributed by atoms with van der Waals surface area (Å²) in [5.41, 5.74) is 0.844. The molecule has 0 aromatic heterocycles. The Balaban J connectivity index is 2.68. The Hall–Kier alpha value is -2.08. The van der Waals surface area contributed by atoms with Crippen LogP contribution in [-0.2, 0) is 11.2 Å². The number of benzene rings is 1. The molecule has 0 fully saturated rings. The van der Waals surface area contributed by atoms with Crippen LogP contribution >= 0.6 is 0 Å². The highest BCUT2D eigenvalue weighted by atomic mass is 16.4. The molecule has 0 aliphatic rings. The van der Waals surface area contributed by atoms with Crippen molar-refractivity contribution in [3.63, 3.8) is 0 Å². The van der Waals surface area contributed by atoms with Gasteiger partial charge < -0.3 is 20.4 Å². The molecule has 2 amide bonds. The Bertz CT molecular complexity index is 491. The van der Waals surface area contributed by atoms with E-state index >= 15 is 0 Å². The zero-order valence-electron chi connectivity index (χ0n) is 13.7. The van der Waals surface area contributed by atoms with Crippen LogP contribution in [0.25, 0.3) is 0 Å². The molecule has 0 aliphatic carbocycles. The number of amides is 2. The lowest BCUT2D eigenvalue weighted by atomic mass is 10.1. The molecule has 128 valence electrons. The van der Waals surface area contributed by atoms with Crippen molar-refractivity contribution in [3.05, 3.63) is 35.9 Å². The predicted molar refractivity (Wildman–Crippen MR) is 88.2 cm³/mol. The van der Waals surface area contributed by atoms with Crippen molar-refractivity contribution >= 4 is 12.0 Å². The highest BCUT2D eigenvalue weighted by Crippen LogP contribution is 2.06. The summed E-state index contributed by atoms with van der Waals surface area (Å²) < 4.78 is 0. The van der Waals surface area contributed by atoms with Crippen LogP contribution in [0.3, 0.4) is 0 Å². The summed E-state index contributed by atoms with van der Waals surface area (Å²) in [6.45, 7) is 4.62. The Labute approximate surface area is 137 Å². The van der Waals surface area contributed by atoms with Gasteiger partial charge in [-0.25, -0.2) is 9.59 Å². The highest BCUT2D eigenvalue weighted by molar-refractivity contribution is 5.82. The normalized spacial score (nSPS) is 12.0. The van der Waals surface area contributed by atoms with Crippen LogP contribution in [0.4, 0.5) is 4.79 Å². The van der Waals surface area contributed by atoms with E-state index in [1.807, 2.05) is 44.2 Å². The maximum Gasteiger partial charge on any atom is 0.326 e. The van der Waals surface area contributed by atoms with Gasteiger partial charge in [-0.3, -0.25) is 0 Å². The van der Waals surface area contributed by atoms with Gasteiger partial charge in [-0.15, -0.1) is 0 Å². The summed E-state index contributed by atoms with van der Waals surface area (Å²) in [4.78, 5) is 25.2. The monoisotopic (exact) mass is 322 g/mol. The molecule has 0 saturated heterocycles. The summed E-state index contributed by atoms with van der Waals surface area (Å²) in [5.74, 6) is -0.654. The van der Waals surface area contributed by atoms with Crippen molar-refractivity contribution in [2.24, 2.45) is 5.92 Å². The minimum atomic E-state index is -1.07. The molecule has 1 aromatic rings. The van der Waals surface area contributed by atoms with Gasteiger partial charge in [0.1, 0.15) is 6.04 Å². The van der Waals surface area contributed by atoms with E-state index in [0.717, 1.165) is 12.0 Å². The molecule has 1 rings (SSSR count). The van der Waals surface area contributed by atoms with E-state index in [4.69, 9.17) is 5.11 Å². The smallest absolute Gasteiger partial charge is 0.326 e. The first-order chi connectivity index (χ1) is 10.9. The fourth-order valence-corrected chi connectivity index (χ4v) is 2.14. The maximum absolute atomic E-state index is 12.3. The lowest BCUT2D eigenvalue weighted by Crippen LogP contribution is -2.50. The molecule has 0 heterocycles. The number of nitrogens with one attached hydrogen (secondary N) is 1. The SMILES string of the molecule is CC(C)CCN(CCO)C(=O)N[C@@H](Cc1ccccc1)C(=O)O. The number of aliphatic hydroxyl groups is 1. The Morgan fingerprint density at radius 2 is 1.83 bits per heavy atom.